The average molecular weight is 318 g/mol. The minimum absolute atomic E-state index is 0.00622. The zero-order valence-electron chi connectivity index (χ0n) is 13.7. The van der Waals surface area contributed by atoms with E-state index in [1.54, 1.807) is 0 Å². The maximum Gasteiger partial charge on any atom is 0.214 e. The van der Waals surface area contributed by atoms with Crippen LogP contribution in [0.1, 0.15) is 47.0 Å². The highest BCUT2D eigenvalue weighted by Crippen LogP contribution is 2.31. The normalized spacial score (nSPS) is 32.8. The molecule has 2 N–H and O–H groups in total. The van der Waals surface area contributed by atoms with Gasteiger partial charge in [-0.05, 0) is 36.6 Å². The number of piperidine rings is 1. The largest absolute Gasteiger partial charge is 0.377 e. The van der Waals surface area contributed by atoms with Crippen molar-refractivity contribution in [2.24, 2.45) is 10.8 Å². The first-order chi connectivity index (χ1) is 9.60. The summed E-state index contributed by atoms with van der Waals surface area (Å²) in [4.78, 5) is 0. The van der Waals surface area contributed by atoms with Gasteiger partial charge in [-0.1, -0.05) is 27.7 Å². The molecule has 2 aliphatic heterocycles. The second kappa shape index (κ2) is 6.14. The fourth-order valence-corrected chi connectivity index (χ4v) is 4.68. The topological polar surface area (TPSA) is 67.4 Å². The molecule has 2 atom stereocenters. The molecule has 0 saturated carbocycles. The minimum atomic E-state index is -3.30. The summed E-state index contributed by atoms with van der Waals surface area (Å²) in [5, 5.41) is 3.27. The highest BCUT2D eigenvalue weighted by atomic mass is 32.2. The van der Waals surface area contributed by atoms with E-state index < -0.39 is 10.0 Å². The van der Waals surface area contributed by atoms with Crippen molar-refractivity contribution in [2.45, 2.75) is 59.1 Å². The molecule has 21 heavy (non-hydrogen) atoms. The molecule has 0 aromatic heterocycles. The SMILES string of the molecule is CC1(C)CCC(CS(=O)(=O)NC2CNCCC2(C)C)OC1. The van der Waals surface area contributed by atoms with Gasteiger partial charge in [0.2, 0.25) is 10.0 Å². The van der Waals surface area contributed by atoms with Gasteiger partial charge in [0, 0.05) is 12.6 Å². The van der Waals surface area contributed by atoms with Crippen LogP contribution in [0.3, 0.4) is 0 Å². The van der Waals surface area contributed by atoms with Crippen molar-refractivity contribution in [2.75, 3.05) is 25.4 Å². The van der Waals surface area contributed by atoms with E-state index in [0.717, 1.165) is 25.8 Å². The number of ether oxygens (including phenoxy) is 1. The van der Waals surface area contributed by atoms with Gasteiger partial charge in [-0.25, -0.2) is 13.1 Å². The van der Waals surface area contributed by atoms with Crippen LogP contribution in [-0.4, -0.2) is 46.0 Å². The lowest BCUT2D eigenvalue weighted by molar-refractivity contribution is -0.0372. The van der Waals surface area contributed by atoms with Gasteiger partial charge >= 0.3 is 0 Å². The van der Waals surface area contributed by atoms with E-state index in [4.69, 9.17) is 4.74 Å². The number of rotatable bonds is 4. The van der Waals surface area contributed by atoms with Crippen LogP contribution in [0.4, 0.5) is 0 Å². The summed E-state index contributed by atoms with van der Waals surface area (Å²) < 4.78 is 33.4. The third-order valence-corrected chi connectivity index (χ3v) is 6.27. The molecule has 0 aromatic carbocycles. The van der Waals surface area contributed by atoms with Crippen molar-refractivity contribution in [3.8, 4) is 0 Å². The van der Waals surface area contributed by atoms with Gasteiger partial charge in [0.1, 0.15) is 0 Å². The molecule has 2 rings (SSSR count). The molecule has 2 saturated heterocycles. The molecule has 2 aliphatic rings. The van der Waals surface area contributed by atoms with Crippen molar-refractivity contribution in [1.29, 1.82) is 0 Å². The van der Waals surface area contributed by atoms with Crippen LogP contribution in [0, 0.1) is 10.8 Å². The first-order valence-corrected chi connectivity index (χ1v) is 9.57. The van der Waals surface area contributed by atoms with Crippen LogP contribution < -0.4 is 10.0 Å². The Morgan fingerprint density at radius 3 is 2.52 bits per heavy atom. The Balaban J connectivity index is 1.90. The summed E-state index contributed by atoms with van der Waals surface area (Å²) in [6.07, 6.45) is 2.65. The quantitative estimate of drug-likeness (QED) is 0.824. The van der Waals surface area contributed by atoms with E-state index in [1.165, 1.54) is 0 Å². The third kappa shape index (κ3) is 4.91. The maximum atomic E-state index is 12.4. The monoisotopic (exact) mass is 318 g/mol. The van der Waals surface area contributed by atoms with Crippen LogP contribution in [0.2, 0.25) is 0 Å². The molecule has 0 aliphatic carbocycles. The number of hydrogen-bond acceptors (Lipinski definition) is 4. The predicted octanol–water partition coefficient (Wildman–Crippen LogP) is 1.50. The number of nitrogens with one attached hydrogen (secondary N) is 2. The second-order valence-corrected chi connectivity index (χ2v) is 9.83. The Morgan fingerprint density at radius 1 is 1.24 bits per heavy atom. The molecular weight excluding hydrogens is 288 g/mol. The van der Waals surface area contributed by atoms with Crippen LogP contribution in [-0.2, 0) is 14.8 Å². The van der Waals surface area contributed by atoms with Gasteiger partial charge in [-0.2, -0.15) is 0 Å². The van der Waals surface area contributed by atoms with E-state index in [2.05, 4.69) is 37.7 Å². The van der Waals surface area contributed by atoms with Gasteiger partial charge in [0.15, 0.2) is 0 Å². The molecule has 2 heterocycles. The van der Waals surface area contributed by atoms with Crippen molar-refractivity contribution in [1.82, 2.24) is 10.0 Å². The molecule has 2 unspecified atom stereocenters. The average Bonchev–Trinajstić information content (AvgIpc) is 2.34. The molecule has 0 bridgehead atoms. The fraction of sp³-hybridized carbons (Fsp3) is 1.00. The van der Waals surface area contributed by atoms with E-state index >= 15 is 0 Å². The summed E-state index contributed by atoms with van der Waals surface area (Å²) in [7, 11) is -3.30. The van der Waals surface area contributed by atoms with Crippen LogP contribution >= 0.6 is 0 Å². The lowest BCUT2D eigenvalue weighted by Gasteiger charge is -2.39. The molecule has 0 amide bonds. The zero-order valence-corrected chi connectivity index (χ0v) is 14.6. The predicted molar refractivity (Wildman–Crippen MR) is 84.7 cm³/mol. The highest BCUT2D eigenvalue weighted by Gasteiger charge is 2.36. The van der Waals surface area contributed by atoms with E-state index in [1.807, 2.05) is 0 Å². The Bertz CT molecular complexity index is 450. The molecule has 0 spiro atoms. The van der Waals surface area contributed by atoms with Crippen LogP contribution in [0.5, 0.6) is 0 Å². The van der Waals surface area contributed by atoms with Crippen molar-refractivity contribution in [3.05, 3.63) is 0 Å². The zero-order chi connectivity index (χ0) is 15.7. The lowest BCUT2D eigenvalue weighted by Crippen LogP contribution is -2.56. The molecule has 0 aromatic rings. The first-order valence-electron chi connectivity index (χ1n) is 7.92. The Morgan fingerprint density at radius 2 is 1.95 bits per heavy atom. The Kier molecular flexibility index (Phi) is 5.03. The van der Waals surface area contributed by atoms with Gasteiger partial charge in [0.05, 0.1) is 18.5 Å². The molecule has 0 radical (unpaired) electrons. The number of sulfonamides is 1. The Hall–Kier alpha value is -0.170. The van der Waals surface area contributed by atoms with Gasteiger partial charge in [-0.3, -0.25) is 0 Å². The smallest absolute Gasteiger partial charge is 0.214 e. The molecule has 2 fully saturated rings. The Labute approximate surface area is 129 Å². The van der Waals surface area contributed by atoms with E-state index in [-0.39, 0.29) is 28.7 Å². The summed E-state index contributed by atoms with van der Waals surface area (Å²) >= 11 is 0. The lowest BCUT2D eigenvalue weighted by atomic mass is 9.79. The summed E-state index contributed by atoms with van der Waals surface area (Å²) in [5.74, 6) is 0.0790. The molecule has 5 nitrogen and oxygen atoms in total. The van der Waals surface area contributed by atoms with Crippen molar-refractivity contribution < 1.29 is 13.2 Å². The summed E-state index contributed by atoms with van der Waals surface area (Å²) in [6, 6.07) is -0.0451. The molecular formula is C15H30N2O3S. The maximum absolute atomic E-state index is 12.4. The minimum Gasteiger partial charge on any atom is -0.377 e. The van der Waals surface area contributed by atoms with Crippen molar-refractivity contribution >= 4 is 10.0 Å². The fourth-order valence-electron chi connectivity index (χ4n) is 3.00. The summed E-state index contributed by atoms with van der Waals surface area (Å²) in [5.41, 5.74) is 0.163. The standard InChI is InChI=1S/C15H30N2O3S/c1-14(2)6-5-12(20-11-14)10-21(18,19)17-13-9-16-8-7-15(13,3)4/h12-13,16-17H,5-11H2,1-4H3. The third-order valence-electron chi connectivity index (χ3n) is 4.82. The number of hydrogen-bond donors (Lipinski definition) is 2. The van der Waals surface area contributed by atoms with Gasteiger partial charge in [-0.15, -0.1) is 0 Å². The van der Waals surface area contributed by atoms with Crippen molar-refractivity contribution in [3.63, 3.8) is 0 Å². The van der Waals surface area contributed by atoms with Crippen LogP contribution in [0.25, 0.3) is 0 Å². The second-order valence-electron chi connectivity index (χ2n) is 8.03. The van der Waals surface area contributed by atoms with E-state index in [9.17, 15) is 8.42 Å². The van der Waals surface area contributed by atoms with E-state index in [0.29, 0.717) is 13.2 Å². The molecule has 124 valence electrons. The van der Waals surface area contributed by atoms with Gasteiger partial charge < -0.3 is 10.1 Å². The highest BCUT2D eigenvalue weighted by molar-refractivity contribution is 7.89. The van der Waals surface area contributed by atoms with Gasteiger partial charge in [0.25, 0.3) is 0 Å². The van der Waals surface area contributed by atoms with Crippen LogP contribution in [0.15, 0.2) is 0 Å². The molecule has 6 heteroatoms. The first kappa shape index (κ1) is 17.2. The summed E-state index contributed by atoms with van der Waals surface area (Å²) in [6.45, 7) is 10.9.